The van der Waals surface area contributed by atoms with Crippen LogP contribution in [-0.2, 0) is 22.4 Å². The molecule has 4 heterocycles. The van der Waals surface area contributed by atoms with Gasteiger partial charge < -0.3 is 18.9 Å². The summed E-state index contributed by atoms with van der Waals surface area (Å²) in [5, 5.41) is 13.0. The van der Waals surface area contributed by atoms with Crippen molar-refractivity contribution in [3.63, 3.8) is 0 Å². The number of carbonyl (C=O) groups is 2. The summed E-state index contributed by atoms with van der Waals surface area (Å²) < 4.78 is 16.6. The summed E-state index contributed by atoms with van der Waals surface area (Å²) in [6.07, 6.45) is 4.75. The van der Waals surface area contributed by atoms with Crippen molar-refractivity contribution in [2.24, 2.45) is 5.92 Å². The number of carbonyl (C=O) groups excluding carboxylic acids is 2. The highest BCUT2D eigenvalue weighted by atomic mass is 32.1. The normalized spacial score (nSPS) is 15.3. The number of aromatic nitrogens is 2. The average molecular weight is 553 g/mol. The lowest BCUT2D eigenvalue weighted by Gasteiger charge is -2.17. The highest BCUT2D eigenvalue weighted by Crippen LogP contribution is 2.39. The maximum Gasteiger partial charge on any atom is 0.338 e. The minimum atomic E-state index is -1.08. The Balaban J connectivity index is 1.22. The lowest BCUT2D eigenvalue weighted by Crippen LogP contribution is -2.30. The number of hydrogen-bond acceptors (Lipinski definition) is 9. The Morgan fingerprint density at radius 2 is 1.80 bits per heavy atom. The molecule has 1 aromatic carbocycles. The first-order chi connectivity index (χ1) is 19.4. The van der Waals surface area contributed by atoms with Gasteiger partial charge in [-0.2, -0.15) is 5.26 Å². The lowest BCUT2D eigenvalue weighted by molar-refractivity contribution is -0.123. The molecular formula is C30H24N4O5S. The Labute approximate surface area is 233 Å². The van der Waals surface area contributed by atoms with Crippen LogP contribution in [0.5, 0.6) is 0 Å². The highest BCUT2D eigenvalue weighted by molar-refractivity contribution is 7.16. The summed E-state index contributed by atoms with van der Waals surface area (Å²) in [7, 11) is 0. The molecule has 0 radical (unpaired) electrons. The number of nitrogens with one attached hydrogen (secondary N) is 1. The van der Waals surface area contributed by atoms with E-state index in [2.05, 4.69) is 18.3 Å². The molecule has 200 valence electrons. The van der Waals surface area contributed by atoms with E-state index in [1.807, 2.05) is 0 Å². The molecule has 1 aliphatic rings. The van der Waals surface area contributed by atoms with Crippen LogP contribution < -0.4 is 5.32 Å². The Morgan fingerprint density at radius 3 is 2.45 bits per heavy atom. The van der Waals surface area contributed by atoms with E-state index in [4.69, 9.17) is 23.5 Å². The molecule has 5 aromatic rings. The van der Waals surface area contributed by atoms with Gasteiger partial charge in [-0.1, -0.05) is 6.92 Å². The molecule has 0 fully saturated rings. The minimum absolute atomic E-state index is 0.218. The van der Waals surface area contributed by atoms with Gasteiger partial charge in [-0.25, -0.2) is 14.8 Å². The van der Waals surface area contributed by atoms with Gasteiger partial charge >= 0.3 is 5.97 Å². The van der Waals surface area contributed by atoms with E-state index >= 15 is 0 Å². The summed E-state index contributed by atoms with van der Waals surface area (Å²) >= 11 is 1.43. The molecule has 0 aliphatic heterocycles. The second-order valence-electron chi connectivity index (χ2n) is 9.78. The van der Waals surface area contributed by atoms with Crippen LogP contribution in [0.2, 0.25) is 0 Å². The summed E-state index contributed by atoms with van der Waals surface area (Å²) in [5.41, 5.74) is 3.71. The third-order valence-electron chi connectivity index (χ3n) is 6.92. The predicted octanol–water partition coefficient (Wildman–Crippen LogP) is 6.39. The number of nitrogens with zero attached hydrogens (tertiary/aromatic N) is 3. The molecule has 4 aromatic heterocycles. The van der Waals surface area contributed by atoms with Crippen LogP contribution in [0.15, 0.2) is 63.8 Å². The van der Waals surface area contributed by atoms with Crippen LogP contribution in [0.4, 0.5) is 5.00 Å². The van der Waals surface area contributed by atoms with Crippen molar-refractivity contribution in [3.05, 3.63) is 76.6 Å². The fraction of sp³-hybridized carbons (Fsp3) is 0.233. The van der Waals surface area contributed by atoms with Gasteiger partial charge in [0.25, 0.3) is 5.91 Å². The van der Waals surface area contributed by atoms with Crippen LogP contribution >= 0.6 is 11.3 Å². The molecule has 6 rings (SSSR count). The smallest absolute Gasteiger partial charge is 0.338 e. The summed E-state index contributed by atoms with van der Waals surface area (Å²) in [5.74, 6) is 0.394. The van der Waals surface area contributed by atoms with Crippen molar-refractivity contribution in [1.82, 2.24) is 9.97 Å². The van der Waals surface area contributed by atoms with Crippen LogP contribution in [0.1, 0.15) is 46.6 Å². The molecule has 0 saturated heterocycles. The topological polar surface area (TPSA) is 131 Å². The monoisotopic (exact) mass is 552 g/mol. The molecule has 1 amide bonds. The highest BCUT2D eigenvalue weighted by Gasteiger charge is 2.27. The van der Waals surface area contributed by atoms with Gasteiger partial charge in [0.2, 0.25) is 0 Å². The number of furan rings is 2. The second-order valence-corrected chi connectivity index (χ2v) is 10.9. The standard InChI is InChI=1S/C30H24N4O5S/c1-16-7-9-19-20(15-31)29(40-25(19)13-16)34-28(35)17(2)39-30(36)18-8-10-21-22(14-18)33-27(24-6-4-12-38-24)26(32-21)23-5-3-11-37-23/h3-6,8,10-12,14,16-17H,7,9,13H2,1-2H3,(H,34,35). The molecule has 0 saturated carbocycles. The molecule has 2 atom stereocenters. The van der Waals surface area contributed by atoms with Crippen molar-refractivity contribution in [1.29, 1.82) is 5.26 Å². The van der Waals surface area contributed by atoms with Gasteiger partial charge in [0.1, 0.15) is 22.5 Å². The molecule has 10 heteroatoms. The zero-order valence-corrected chi connectivity index (χ0v) is 22.6. The molecule has 1 N–H and O–H groups in total. The maximum atomic E-state index is 13.0. The largest absolute Gasteiger partial charge is 0.463 e. The summed E-state index contributed by atoms with van der Waals surface area (Å²) in [6.45, 7) is 3.68. The second kappa shape index (κ2) is 10.4. The van der Waals surface area contributed by atoms with Gasteiger partial charge in [-0.15, -0.1) is 11.3 Å². The number of ether oxygens (including phenoxy) is 1. The van der Waals surface area contributed by atoms with Crippen LogP contribution in [-0.4, -0.2) is 27.9 Å². The molecule has 2 unspecified atom stereocenters. The summed E-state index contributed by atoms with van der Waals surface area (Å²) in [6, 6.07) is 14.1. The summed E-state index contributed by atoms with van der Waals surface area (Å²) in [4.78, 5) is 36.5. The molecule has 0 spiro atoms. The Hall–Kier alpha value is -4.75. The number of thiophene rings is 1. The zero-order valence-electron chi connectivity index (χ0n) is 21.8. The molecule has 1 aliphatic carbocycles. The number of hydrogen-bond donors (Lipinski definition) is 1. The number of esters is 1. The first kappa shape index (κ1) is 25.5. The van der Waals surface area contributed by atoms with Crippen LogP contribution in [0.25, 0.3) is 33.9 Å². The minimum Gasteiger partial charge on any atom is -0.463 e. The SMILES string of the molecule is CC1CCc2c(sc(NC(=O)C(C)OC(=O)c3ccc4nc(-c5ccco5)c(-c5ccco5)nc4c3)c2C#N)C1. The number of benzene rings is 1. The van der Waals surface area contributed by atoms with Crippen LogP contribution in [0.3, 0.4) is 0 Å². The fourth-order valence-corrected chi connectivity index (χ4v) is 6.17. The quantitative estimate of drug-likeness (QED) is 0.240. The van der Waals surface area contributed by atoms with Gasteiger partial charge in [-0.05, 0) is 80.1 Å². The maximum absolute atomic E-state index is 13.0. The zero-order chi connectivity index (χ0) is 27.8. The van der Waals surface area contributed by atoms with Crippen molar-refractivity contribution in [2.45, 2.75) is 39.2 Å². The number of fused-ring (bicyclic) bond motifs is 2. The van der Waals surface area contributed by atoms with E-state index < -0.39 is 18.0 Å². The van der Waals surface area contributed by atoms with E-state index in [0.29, 0.717) is 50.4 Å². The van der Waals surface area contributed by atoms with Crippen molar-refractivity contribution in [3.8, 4) is 29.0 Å². The van der Waals surface area contributed by atoms with Crippen molar-refractivity contribution >= 4 is 39.2 Å². The molecule has 9 nitrogen and oxygen atoms in total. The van der Waals surface area contributed by atoms with E-state index in [1.54, 1.807) is 55.0 Å². The number of nitriles is 1. The van der Waals surface area contributed by atoms with Gasteiger partial charge in [0.15, 0.2) is 17.6 Å². The van der Waals surface area contributed by atoms with Crippen LogP contribution in [0, 0.1) is 17.2 Å². The number of amides is 1. The Bertz CT molecular complexity index is 1770. The van der Waals surface area contributed by atoms with Gasteiger partial charge in [0, 0.05) is 4.88 Å². The lowest BCUT2D eigenvalue weighted by atomic mass is 9.88. The van der Waals surface area contributed by atoms with Crippen molar-refractivity contribution in [2.75, 3.05) is 5.32 Å². The first-order valence-corrected chi connectivity index (χ1v) is 13.7. The third-order valence-corrected chi connectivity index (χ3v) is 8.09. The number of anilines is 1. The molecule has 0 bridgehead atoms. The van der Waals surface area contributed by atoms with E-state index in [1.165, 1.54) is 18.3 Å². The van der Waals surface area contributed by atoms with Crippen molar-refractivity contribution < 1.29 is 23.2 Å². The Kier molecular flexibility index (Phi) is 6.66. The predicted molar refractivity (Wildman–Crippen MR) is 149 cm³/mol. The molecular weight excluding hydrogens is 528 g/mol. The fourth-order valence-electron chi connectivity index (χ4n) is 4.80. The third kappa shape index (κ3) is 4.76. The van der Waals surface area contributed by atoms with Gasteiger partial charge in [-0.3, -0.25) is 4.79 Å². The van der Waals surface area contributed by atoms with E-state index in [9.17, 15) is 14.9 Å². The first-order valence-electron chi connectivity index (χ1n) is 12.9. The van der Waals surface area contributed by atoms with E-state index in [0.717, 1.165) is 29.7 Å². The average Bonchev–Trinajstić information content (AvgIpc) is 3.73. The van der Waals surface area contributed by atoms with E-state index in [-0.39, 0.29) is 5.56 Å². The molecule has 40 heavy (non-hydrogen) atoms. The number of rotatable bonds is 6. The van der Waals surface area contributed by atoms with Gasteiger partial charge in [0.05, 0.1) is 34.7 Å². The Morgan fingerprint density at radius 1 is 1.10 bits per heavy atom.